The highest BCUT2D eigenvalue weighted by molar-refractivity contribution is 5.97. The summed E-state index contributed by atoms with van der Waals surface area (Å²) in [7, 11) is 6.31. The second-order valence-corrected chi connectivity index (χ2v) is 7.37. The Balaban J connectivity index is 1.93. The van der Waals surface area contributed by atoms with Crippen molar-refractivity contribution in [1.29, 1.82) is 0 Å². The summed E-state index contributed by atoms with van der Waals surface area (Å²) >= 11 is 0. The Hall–Kier alpha value is -3.67. The molecule has 0 aliphatic heterocycles. The highest BCUT2D eigenvalue weighted by Gasteiger charge is 2.20. The first-order chi connectivity index (χ1) is 15.5. The molecule has 0 aliphatic carbocycles. The van der Waals surface area contributed by atoms with Gasteiger partial charge in [0, 0.05) is 17.7 Å². The van der Waals surface area contributed by atoms with Crippen molar-refractivity contribution in [3.05, 3.63) is 77.4 Å². The van der Waals surface area contributed by atoms with E-state index in [1.54, 1.807) is 46.6 Å². The van der Waals surface area contributed by atoms with Gasteiger partial charge in [-0.05, 0) is 55.0 Å². The van der Waals surface area contributed by atoms with E-state index in [0.29, 0.717) is 28.6 Å². The van der Waals surface area contributed by atoms with Gasteiger partial charge in [-0.3, -0.25) is 4.79 Å². The number of benzene rings is 3. The average molecular weight is 436 g/mol. The number of hydrogen-bond donors (Lipinski definition) is 1. The fourth-order valence-corrected chi connectivity index (χ4v) is 3.49. The number of nitrogens with one attached hydrogen (secondary N) is 1. The van der Waals surface area contributed by atoms with Gasteiger partial charge in [0.05, 0.1) is 34.5 Å². The monoisotopic (exact) mass is 435 g/mol. The van der Waals surface area contributed by atoms with Crippen molar-refractivity contribution < 1.29 is 23.7 Å². The summed E-state index contributed by atoms with van der Waals surface area (Å²) < 4.78 is 21.5. The SMILES string of the molecule is COc1ccc(C(=O)CC(Nc2ccc(C)cc2)c2ccc(OC)c(OC)c2)cc1OC. The van der Waals surface area contributed by atoms with Gasteiger partial charge in [-0.1, -0.05) is 23.8 Å². The lowest BCUT2D eigenvalue weighted by molar-refractivity contribution is 0.0976. The summed E-state index contributed by atoms with van der Waals surface area (Å²) in [4.78, 5) is 13.2. The molecule has 6 nitrogen and oxygen atoms in total. The van der Waals surface area contributed by atoms with Crippen LogP contribution in [0, 0.1) is 6.92 Å². The van der Waals surface area contributed by atoms with Crippen LogP contribution < -0.4 is 24.3 Å². The lowest BCUT2D eigenvalue weighted by Crippen LogP contribution is -2.16. The van der Waals surface area contributed by atoms with Gasteiger partial charge in [-0.15, -0.1) is 0 Å². The minimum Gasteiger partial charge on any atom is -0.493 e. The number of rotatable bonds is 10. The van der Waals surface area contributed by atoms with Crippen LogP contribution in [-0.2, 0) is 0 Å². The third-order valence-electron chi connectivity index (χ3n) is 5.30. The molecule has 32 heavy (non-hydrogen) atoms. The molecule has 0 radical (unpaired) electrons. The Labute approximate surface area is 189 Å². The van der Waals surface area contributed by atoms with E-state index in [2.05, 4.69) is 5.32 Å². The molecule has 0 saturated carbocycles. The molecular weight excluding hydrogens is 406 g/mol. The van der Waals surface area contributed by atoms with Crippen molar-refractivity contribution in [2.24, 2.45) is 0 Å². The van der Waals surface area contributed by atoms with Gasteiger partial charge < -0.3 is 24.3 Å². The van der Waals surface area contributed by atoms with Gasteiger partial charge >= 0.3 is 0 Å². The summed E-state index contributed by atoms with van der Waals surface area (Å²) in [5.41, 5.74) is 3.56. The van der Waals surface area contributed by atoms with Gasteiger partial charge in [-0.2, -0.15) is 0 Å². The summed E-state index contributed by atoms with van der Waals surface area (Å²) in [5.74, 6) is 2.33. The summed E-state index contributed by atoms with van der Waals surface area (Å²) in [6, 6.07) is 18.7. The standard InChI is InChI=1S/C26H29NO5/c1-17-6-10-20(11-7-17)27-21(18-8-12-23(29-2)25(14-18)31-4)16-22(28)19-9-13-24(30-3)26(15-19)32-5/h6-15,21,27H,16H2,1-5H3. The van der Waals surface area contributed by atoms with Crippen LogP contribution in [0.15, 0.2) is 60.7 Å². The summed E-state index contributed by atoms with van der Waals surface area (Å²) in [5, 5.41) is 3.49. The van der Waals surface area contributed by atoms with Crippen molar-refractivity contribution in [3.8, 4) is 23.0 Å². The lowest BCUT2D eigenvalue weighted by atomic mass is 9.96. The third-order valence-corrected chi connectivity index (χ3v) is 5.30. The summed E-state index contributed by atoms with van der Waals surface area (Å²) in [6.45, 7) is 2.04. The van der Waals surface area contributed by atoms with Crippen LogP contribution in [0.25, 0.3) is 0 Å². The Morgan fingerprint density at radius 2 is 1.31 bits per heavy atom. The molecule has 0 heterocycles. The number of ether oxygens (including phenoxy) is 4. The summed E-state index contributed by atoms with van der Waals surface area (Å²) in [6.07, 6.45) is 0.235. The minimum absolute atomic E-state index is 0.0228. The average Bonchev–Trinajstić information content (AvgIpc) is 2.83. The van der Waals surface area contributed by atoms with Gasteiger partial charge in [0.1, 0.15) is 0 Å². The Morgan fingerprint density at radius 3 is 1.91 bits per heavy atom. The Morgan fingerprint density at radius 1 is 0.750 bits per heavy atom. The van der Waals surface area contributed by atoms with E-state index in [1.165, 1.54) is 5.56 Å². The molecule has 1 atom stereocenters. The van der Waals surface area contributed by atoms with Crippen LogP contribution >= 0.6 is 0 Å². The molecule has 0 saturated heterocycles. The van der Waals surface area contributed by atoms with Crippen LogP contribution in [0.3, 0.4) is 0 Å². The van der Waals surface area contributed by atoms with E-state index >= 15 is 0 Å². The zero-order valence-corrected chi connectivity index (χ0v) is 19.1. The van der Waals surface area contributed by atoms with Crippen molar-refractivity contribution >= 4 is 11.5 Å². The fourth-order valence-electron chi connectivity index (χ4n) is 3.49. The van der Waals surface area contributed by atoms with Crippen LogP contribution in [0.5, 0.6) is 23.0 Å². The third kappa shape index (κ3) is 5.32. The first-order valence-corrected chi connectivity index (χ1v) is 10.3. The van der Waals surface area contributed by atoms with Crippen molar-refractivity contribution in [3.63, 3.8) is 0 Å². The number of hydrogen-bond acceptors (Lipinski definition) is 6. The van der Waals surface area contributed by atoms with E-state index in [-0.39, 0.29) is 18.2 Å². The first-order valence-electron chi connectivity index (χ1n) is 10.3. The molecule has 0 aromatic heterocycles. The number of aryl methyl sites for hydroxylation is 1. The van der Waals surface area contributed by atoms with E-state index in [4.69, 9.17) is 18.9 Å². The molecular formula is C26H29NO5. The molecule has 3 aromatic carbocycles. The van der Waals surface area contributed by atoms with Crippen molar-refractivity contribution in [1.82, 2.24) is 0 Å². The van der Waals surface area contributed by atoms with Gasteiger partial charge in [0.15, 0.2) is 28.8 Å². The second-order valence-electron chi connectivity index (χ2n) is 7.37. The largest absolute Gasteiger partial charge is 0.493 e. The smallest absolute Gasteiger partial charge is 0.165 e. The van der Waals surface area contributed by atoms with Crippen LogP contribution in [0.2, 0.25) is 0 Å². The van der Waals surface area contributed by atoms with Gasteiger partial charge in [0.25, 0.3) is 0 Å². The number of anilines is 1. The maximum absolute atomic E-state index is 13.2. The fraction of sp³-hybridized carbons (Fsp3) is 0.269. The van der Waals surface area contributed by atoms with Crippen LogP contribution in [0.1, 0.15) is 33.9 Å². The van der Waals surface area contributed by atoms with E-state index in [9.17, 15) is 4.79 Å². The molecule has 6 heteroatoms. The van der Waals surface area contributed by atoms with E-state index in [0.717, 1.165) is 11.3 Å². The highest BCUT2D eigenvalue weighted by atomic mass is 16.5. The molecule has 3 aromatic rings. The maximum Gasteiger partial charge on any atom is 0.165 e. The molecule has 1 unspecified atom stereocenters. The number of carbonyl (C=O) groups excluding carboxylic acids is 1. The van der Waals surface area contributed by atoms with Crippen LogP contribution in [-0.4, -0.2) is 34.2 Å². The normalized spacial score (nSPS) is 11.4. The Kier molecular flexibility index (Phi) is 7.60. The molecule has 3 rings (SSSR count). The van der Waals surface area contributed by atoms with Gasteiger partial charge in [-0.25, -0.2) is 0 Å². The first kappa shape index (κ1) is 23.0. The predicted molar refractivity (Wildman–Crippen MR) is 126 cm³/mol. The van der Waals surface area contributed by atoms with Crippen molar-refractivity contribution in [2.75, 3.05) is 33.8 Å². The van der Waals surface area contributed by atoms with Crippen molar-refractivity contribution in [2.45, 2.75) is 19.4 Å². The molecule has 168 valence electrons. The van der Waals surface area contributed by atoms with Crippen LogP contribution in [0.4, 0.5) is 5.69 Å². The highest BCUT2D eigenvalue weighted by Crippen LogP contribution is 2.34. The van der Waals surface area contributed by atoms with E-state index < -0.39 is 0 Å². The zero-order chi connectivity index (χ0) is 23.1. The lowest BCUT2D eigenvalue weighted by Gasteiger charge is -2.21. The Bertz CT molecular complexity index is 1060. The topological polar surface area (TPSA) is 66.0 Å². The number of ketones is 1. The van der Waals surface area contributed by atoms with E-state index in [1.807, 2.05) is 49.4 Å². The number of Topliss-reactive ketones (excluding diaryl/α,β-unsaturated/α-hetero) is 1. The second kappa shape index (κ2) is 10.6. The maximum atomic E-state index is 13.2. The molecule has 1 N–H and O–H groups in total. The molecule has 0 bridgehead atoms. The number of carbonyl (C=O) groups is 1. The molecule has 0 aliphatic rings. The quantitative estimate of drug-likeness (QED) is 0.427. The van der Waals surface area contributed by atoms with Gasteiger partial charge in [0.2, 0.25) is 0 Å². The molecule has 0 fully saturated rings. The number of methoxy groups -OCH3 is 4. The predicted octanol–water partition coefficient (Wildman–Crippen LogP) is 5.46. The molecule has 0 spiro atoms. The molecule has 0 amide bonds. The zero-order valence-electron chi connectivity index (χ0n) is 19.1. The minimum atomic E-state index is -0.280.